The molecule has 1 N–H and O–H groups in total. The molecule has 2 aromatic rings. The first-order valence-electron chi connectivity index (χ1n) is 10.5. The lowest BCUT2D eigenvalue weighted by atomic mass is 10.3. The molecule has 192 valence electrons. The van der Waals surface area contributed by atoms with Gasteiger partial charge in [-0.1, -0.05) is 12.1 Å². The standard InChI is InChI=1S/C21H27FN4O7S2/c1-24(2)35(30,31)26(19-7-5-4-6-17(19)22)15-21(27)23-18-14-16(8-9-20(18)32-3)34(28,29)25-10-12-33-13-11-25/h4-9,14H,10-13,15H2,1-3H3,(H,23,27). The number of hydrogen-bond donors (Lipinski definition) is 1. The van der Waals surface area contributed by atoms with Crippen molar-refractivity contribution in [2.75, 3.05) is 63.7 Å². The molecule has 0 saturated carbocycles. The van der Waals surface area contributed by atoms with E-state index in [1.165, 1.54) is 61.9 Å². The van der Waals surface area contributed by atoms with E-state index in [1.54, 1.807) is 0 Å². The second-order valence-electron chi connectivity index (χ2n) is 7.67. The van der Waals surface area contributed by atoms with E-state index < -0.39 is 38.5 Å². The van der Waals surface area contributed by atoms with Gasteiger partial charge in [0.05, 0.1) is 36.6 Å². The molecule has 1 amide bonds. The predicted molar refractivity (Wildman–Crippen MR) is 128 cm³/mol. The second-order valence-corrected chi connectivity index (χ2v) is 11.7. The summed E-state index contributed by atoms with van der Waals surface area (Å²) in [7, 11) is -4.27. The number of anilines is 2. The van der Waals surface area contributed by atoms with Crippen molar-refractivity contribution < 1.29 is 35.5 Å². The zero-order chi connectivity index (χ0) is 25.8. The van der Waals surface area contributed by atoms with Gasteiger partial charge in [0.2, 0.25) is 15.9 Å². The fourth-order valence-corrected chi connectivity index (χ4v) is 5.85. The molecule has 35 heavy (non-hydrogen) atoms. The maximum atomic E-state index is 14.4. The highest BCUT2D eigenvalue weighted by molar-refractivity contribution is 7.90. The van der Waals surface area contributed by atoms with E-state index in [0.29, 0.717) is 4.31 Å². The van der Waals surface area contributed by atoms with Crippen LogP contribution in [0.25, 0.3) is 0 Å². The number of carbonyl (C=O) groups is 1. The van der Waals surface area contributed by atoms with Crippen molar-refractivity contribution in [3.63, 3.8) is 0 Å². The van der Waals surface area contributed by atoms with Crippen LogP contribution < -0.4 is 14.4 Å². The number of para-hydroxylation sites is 1. The van der Waals surface area contributed by atoms with Gasteiger partial charge in [0.25, 0.3) is 0 Å². The Morgan fingerprint density at radius 2 is 1.77 bits per heavy atom. The predicted octanol–water partition coefficient (Wildman–Crippen LogP) is 1.11. The average molecular weight is 531 g/mol. The third-order valence-electron chi connectivity index (χ3n) is 5.20. The fourth-order valence-electron chi connectivity index (χ4n) is 3.34. The topological polar surface area (TPSA) is 126 Å². The lowest BCUT2D eigenvalue weighted by Gasteiger charge is -2.27. The SMILES string of the molecule is COc1ccc(S(=O)(=O)N2CCOCC2)cc1NC(=O)CN(c1ccccc1F)S(=O)(=O)N(C)C. The van der Waals surface area contributed by atoms with Crippen molar-refractivity contribution >= 4 is 37.5 Å². The molecule has 0 aromatic heterocycles. The highest BCUT2D eigenvalue weighted by atomic mass is 32.2. The van der Waals surface area contributed by atoms with Gasteiger partial charge in [0.1, 0.15) is 18.1 Å². The number of rotatable bonds is 9. The number of carbonyl (C=O) groups excluding carboxylic acids is 1. The summed E-state index contributed by atoms with van der Waals surface area (Å²) in [5.41, 5.74) is -0.297. The molecule has 0 radical (unpaired) electrons. The molecule has 1 heterocycles. The Labute approximate surface area is 204 Å². The fraction of sp³-hybridized carbons (Fsp3) is 0.381. The number of methoxy groups -OCH3 is 1. The van der Waals surface area contributed by atoms with E-state index in [0.717, 1.165) is 10.4 Å². The molecule has 1 aliphatic heterocycles. The van der Waals surface area contributed by atoms with Crippen molar-refractivity contribution in [2.45, 2.75) is 4.90 Å². The summed E-state index contributed by atoms with van der Waals surface area (Å²) < 4.78 is 79.3. The van der Waals surface area contributed by atoms with Gasteiger partial charge >= 0.3 is 10.2 Å². The summed E-state index contributed by atoms with van der Waals surface area (Å²) in [4.78, 5) is 12.8. The van der Waals surface area contributed by atoms with E-state index in [1.807, 2.05) is 0 Å². The Balaban J connectivity index is 1.91. The molecule has 2 aromatic carbocycles. The van der Waals surface area contributed by atoms with Crippen LogP contribution >= 0.6 is 0 Å². The van der Waals surface area contributed by atoms with E-state index in [9.17, 15) is 26.0 Å². The highest BCUT2D eigenvalue weighted by Crippen LogP contribution is 2.30. The Hall–Kier alpha value is -2.78. The van der Waals surface area contributed by atoms with Gasteiger partial charge in [-0.2, -0.15) is 17.0 Å². The van der Waals surface area contributed by atoms with Crippen LogP contribution in [0.15, 0.2) is 47.4 Å². The van der Waals surface area contributed by atoms with Crippen molar-refractivity contribution in [1.29, 1.82) is 0 Å². The van der Waals surface area contributed by atoms with Crippen LogP contribution in [0.4, 0.5) is 15.8 Å². The zero-order valence-electron chi connectivity index (χ0n) is 19.5. The normalized spacial score (nSPS) is 15.1. The molecule has 0 bridgehead atoms. The highest BCUT2D eigenvalue weighted by Gasteiger charge is 2.30. The van der Waals surface area contributed by atoms with E-state index in [2.05, 4.69) is 5.32 Å². The third kappa shape index (κ3) is 5.90. The molecule has 0 unspecified atom stereocenters. The Morgan fingerprint density at radius 1 is 1.11 bits per heavy atom. The van der Waals surface area contributed by atoms with Crippen LogP contribution in [0.3, 0.4) is 0 Å². The van der Waals surface area contributed by atoms with E-state index in [4.69, 9.17) is 9.47 Å². The van der Waals surface area contributed by atoms with E-state index >= 15 is 0 Å². The number of nitrogens with zero attached hydrogens (tertiary/aromatic N) is 3. The maximum absolute atomic E-state index is 14.4. The minimum atomic E-state index is -4.24. The van der Waals surface area contributed by atoms with Crippen molar-refractivity contribution in [2.24, 2.45) is 0 Å². The molecule has 1 saturated heterocycles. The summed E-state index contributed by atoms with van der Waals surface area (Å²) in [5, 5.41) is 2.49. The van der Waals surface area contributed by atoms with Crippen LogP contribution in [-0.4, -0.2) is 85.4 Å². The molecule has 0 aliphatic carbocycles. The summed E-state index contributed by atoms with van der Waals surface area (Å²) >= 11 is 0. The molecular formula is C21H27FN4O7S2. The van der Waals surface area contributed by atoms with Gasteiger partial charge in [-0.25, -0.2) is 17.1 Å². The largest absolute Gasteiger partial charge is 0.495 e. The number of nitrogens with one attached hydrogen (secondary N) is 1. The van der Waals surface area contributed by atoms with Crippen molar-refractivity contribution in [3.8, 4) is 5.75 Å². The molecule has 11 nitrogen and oxygen atoms in total. The number of benzene rings is 2. The summed E-state index contributed by atoms with van der Waals surface area (Å²) in [5.74, 6) is -1.51. The number of sulfonamides is 1. The van der Waals surface area contributed by atoms with Crippen LogP contribution in [0.2, 0.25) is 0 Å². The summed E-state index contributed by atoms with van der Waals surface area (Å²) in [6.07, 6.45) is 0. The van der Waals surface area contributed by atoms with Gasteiger partial charge < -0.3 is 14.8 Å². The van der Waals surface area contributed by atoms with Crippen LogP contribution in [0.1, 0.15) is 0 Å². The van der Waals surface area contributed by atoms with Gasteiger partial charge in [-0.05, 0) is 30.3 Å². The van der Waals surface area contributed by atoms with Crippen LogP contribution in [0.5, 0.6) is 5.75 Å². The number of ether oxygens (including phenoxy) is 2. The average Bonchev–Trinajstić information content (AvgIpc) is 2.83. The number of halogens is 1. The number of morpholine rings is 1. The smallest absolute Gasteiger partial charge is 0.304 e. The zero-order valence-corrected chi connectivity index (χ0v) is 21.1. The van der Waals surface area contributed by atoms with Gasteiger partial charge in [-0.3, -0.25) is 4.79 Å². The molecule has 0 atom stereocenters. The summed E-state index contributed by atoms with van der Waals surface area (Å²) in [6.45, 7) is 0.146. The molecule has 1 fully saturated rings. The molecule has 0 spiro atoms. The minimum absolute atomic E-state index is 0.0163. The quantitative estimate of drug-likeness (QED) is 0.515. The van der Waals surface area contributed by atoms with Crippen molar-refractivity contribution in [3.05, 3.63) is 48.3 Å². The van der Waals surface area contributed by atoms with Crippen molar-refractivity contribution in [1.82, 2.24) is 8.61 Å². The minimum Gasteiger partial charge on any atom is -0.495 e. The lowest BCUT2D eigenvalue weighted by Crippen LogP contribution is -2.44. The monoisotopic (exact) mass is 530 g/mol. The third-order valence-corrected chi connectivity index (χ3v) is 8.90. The molecule has 1 aliphatic rings. The molecular weight excluding hydrogens is 503 g/mol. The maximum Gasteiger partial charge on any atom is 0.304 e. The first kappa shape index (κ1) is 26.8. The second kappa shape index (κ2) is 10.9. The number of amides is 1. The summed E-state index contributed by atoms with van der Waals surface area (Å²) in [6, 6.07) is 9.11. The molecule has 3 rings (SSSR count). The molecule has 14 heteroatoms. The van der Waals surface area contributed by atoms with Crippen LogP contribution in [0, 0.1) is 5.82 Å². The van der Waals surface area contributed by atoms with Crippen LogP contribution in [-0.2, 0) is 29.8 Å². The van der Waals surface area contributed by atoms with E-state index in [-0.39, 0.29) is 48.3 Å². The first-order chi connectivity index (χ1) is 16.5. The van der Waals surface area contributed by atoms with Gasteiger partial charge in [-0.15, -0.1) is 0 Å². The van der Waals surface area contributed by atoms with Gasteiger partial charge in [0, 0.05) is 27.2 Å². The Morgan fingerprint density at radius 3 is 2.37 bits per heavy atom. The Bertz CT molecular complexity index is 1280. The lowest BCUT2D eigenvalue weighted by molar-refractivity contribution is -0.114. The Kier molecular flexibility index (Phi) is 8.33. The number of hydrogen-bond acceptors (Lipinski definition) is 7. The van der Waals surface area contributed by atoms with Gasteiger partial charge in [0.15, 0.2) is 0 Å². The first-order valence-corrected chi connectivity index (χ1v) is 13.3.